The lowest BCUT2D eigenvalue weighted by molar-refractivity contribution is -0.0824. The lowest BCUT2D eigenvalue weighted by atomic mass is 9.78. The summed E-state index contributed by atoms with van der Waals surface area (Å²) in [5.74, 6) is 2.13. The number of nitrogens with zero attached hydrogens (tertiary/aromatic N) is 2. The van der Waals surface area contributed by atoms with E-state index in [1.807, 2.05) is 0 Å². The van der Waals surface area contributed by atoms with E-state index in [4.69, 9.17) is 19.2 Å². The Morgan fingerprint density at radius 1 is 1.26 bits per heavy atom. The first kappa shape index (κ1) is 22.4. The molecule has 0 aromatic carbocycles. The summed E-state index contributed by atoms with van der Waals surface area (Å²) in [5.41, 5.74) is 0.164. The first-order valence-electron chi connectivity index (χ1n) is 10.7. The lowest BCUT2D eigenvalue weighted by Gasteiger charge is -2.39. The summed E-state index contributed by atoms with van der Waals surface area (Å²) >= 11 is 0. The highest BCUT2D eigenvalue weighted by molar-refractivity contribution is 5.80. The molecule has 1 N–H and O–H groups in total. The summed E-state index contributed by atoms with van der Waals surface area (Å²) in [7, 11) is 1.71. The van der Waals surface area contributed by atoms with Crippen LogP contribution in [0.3, 0.4) is 0 Å². The molecule has 2 rings (SSSR count). The molecule has 27 heavy (non-hydrogen) atoms. The molecule has 0 saturated carbocycles. The van der Waals surface area contributed by atoms with Gasteiger partial charge in [-0.05, 0) is 31.6 Å². The van der Waals surface area contributed by atoms with Gasteiger partial charge in [-0.1, -0.05) is 20.8 Å². The molecule has 2 aliphatic rings. The Labute approximate surface area is 166 Å². The van der Waals surface area contributed by atoms with Crippen molar-refractivity contribution in [2.45, 2.75) is 53.1 Å². The summed E-state index contributed by atoms with van der Waals surface area (Å²) in [6.07, 6.45) is 3.81. The van der Waals surface area contributed by atoms with Gasteiger partial charge in [-0.2, -0.15) is 0 Å². The summed E-state index contributed by atoms with van der Waals surface area (Å²) < 4.78 is 16.9. The molecule has 3 unspecified atom stereocenters. The van der Waals surface area contributed by atoms with Crippen LogP contribution in [0.1, 0.15) is 47.0 Å². The van der Waals surface area contributed by atoms with Crippen LogP contribution in [0.25, 0.3) is 0 Å². The molecule has 0 radical (unpaired) electrons. The van der Waals surface area contributed by atoms with Crippen LogP contribution in [-0.2, 0) is 14.2 Å². The molecule has 2 aliphatic heterocycles. The Bertz CT molecular complexity index is 450. The van der Waals surface area contributed by atoms with Crippen molar-refractivity contribution < 1.29 is 14.2 Å². The van der Waals surface area contributed by atoms with E-state index in [0.29, 0.717) is 31.2 Å². The molecule has 0 aliphatic carbocycles. The molecule has 158 valence electrons. The fraction of sp³-hybridized carbons (Fsp3) is 0.952. The predicted octanol–water partition coefficient (Wildman–Crippen LogP) is 2.78. The molecule has 6 nitrogen and oxygen atoms in total. The van der Waals surface area contributed by atoms with E-state index >= 15 is 0 Å². The molecule has 0 spiro atoms. The quantitative estimate of drug-likeness (QED) is 0.397. The zero-order valence-electron chi connectivity index (χ0n) is 18.1. The average molecular weight is 384 g/mol. The van der Waals surface area contributed by atoms with Gasteiger partial charge in [-0.3, -0.25) is 4.99 Å². The van der Waals surface area contributed by atoms with Gasteiger partial charge in [-0.15, -0.1) is 0 Å². The van der Waals surface area contributed by atoms with Gasteiger partial charge in [0.15, 0.2) is 5.96 Å². The van der Waals surface area contributed by atoms with Crippen LogP contribution in [0, 0.1) is 17.3 Å². The molecule has 2 saturated heterocycles. The first-order chi connectivity index (χ1) is 13.0. The standard InChI is InChI=1S/C21H41N3O3/c1-6-22-20(24-10-9-17(15-24)16-26-13-12-25-5)23-14-18-8-7-11-27-19(18)21(2,3)4/h17-19H,6-16H2,1-5H3,(H,22,23). The van der Waals surface area contributed by atoms with E-state index < -0.39 is 0 Å². The number of methoxy groups -OCH3 is 1. The summed E-state index contributed by atoms with van der Waals surface area (Å²) in [6, 6.07) is 0. The third-order valence-electron chi connectivity index (χ3n) is 5.48. The van der Waals surface area contributed by atoms with Crippen LogP contribution in [0.4, 0.5) is 0 Å². The fourth-order valence-corrected chi connectivity index (χ4v) is 4.17. The van der Waals surface area contributed by atoms with Crippen LogP contribution >= 0.6 is 0 Å². The number of hydrogen-bond donors (Lipinski definition) is 1. The van der Waals surface area contributed by atoms with Crippen LogP contribution in [0.2, 0.25) is 0 Å². The minimum absolute atomic E-state index is 0.164. The van der Waals surface area contributed by atoms with Crippen molar-refractivity contribution in [3.63, 3.8) is 0 Å². The molecule has 6 heteroatoms. The maximum atomic E-state index is 6.12. The fourth-order valence-electron chi connectivity index (χ4n) is 4.17. The molecular formula is C21H41N3O3. The van der Waals surface area contributed by atoms with Gasteiger partial charge >= 0.3 is 0 Å². The normalized spacial score (nSPS) is 27.2. The molecule has 2 fully saturated rings. The number of guanidine groups is 1. The van der Waals surface area contributed by atoms with Crippen LogP contribution < -0.4 is 5.32 Å². The molecule has 0 amide bonds. The van der Waals surface area contributed by atoms with Crippen molar-refractivity contribution in [3.8, 4) is 0 Å². The van der Waals surface area contributed by atoms with Crippen molar-refractivity contribution in [3.05, 3.63) is 0 Å². The van der Waals surface area contributed by atoms with Gasteiger partial charge in [0.25, 0.3) is 0 Å². The largest absolute Gasteiger partial charge is 0.382 e. The summed E-state index contributed by atoms with van der Waals surface area (Å²) in [6.45, 7) is 15.8. The molecule has 2 heterocycles. The number of hydrogen-bond acceptors (Lipinski definition) is 4. The molecular weight excluding hydrogens is 342 g/mol. The Balaban J connectivity index is 1.90. The van der Waals surface area contributed by atoms with Gasteiger partial charge < -0.3 is 24.4 Å². The van der Waals surface area contributed by atoms with Gasteiger partial charge in [0.1, 0.15) is 0 Å². The third kappa shape index (κ3) is 7.24. The second-order valence-electron chi connectivity index (χ2n) is 8.92. The minimum atomic E-state index is 0.164. The van der Waals surface area contributed by atoms with Crippen molar-refractivity contribution in [2.75, 3.05) is 59.7 Å². The second-order valence-corrected chi connectivity index (χ2v) is 8.92. The van der Waals surface area contributed by atoms with Gasteiger partial charge in [0, 0.05) is 51.7 Å². The van der Waals surface area contributed by atoms with E-state index in [1.54, 1.807) is 7.11 Å². The second kappa shape index (κ2) is 11.2. The molecule has 0 bridgehead atoms. The number of likely N-dealkylation sites (tertiary alicyclic amines) is 1. The number of rotatable bonds is 8. The highest BCUT2D eigenvalue weighted by Crippen LogP contribution is 2.34. The monoisotopic (exact) mass is 383 g/mol. The van der Waals surface area contributed by atoms with Crippen LogP contribution in [0.5, 0.6) is 0 Å². The Hall–Kier alpha value is -0.850. The predicted molar refractivity (Wildman–Crippen MR) is 110 cm³/mol. The van der Waals surface area contributed by atoms with Crippen molar-refractivity contribution >= 4 is 5.96 Å². The number of ether oxygens (including phenoxy) is 3. The zero-order chi connectivity index (χ0) is 19.7. The van der Waals surface area contributed by atoms with Crippen LogP contribution in [0.15, 0.2) is 4.99 Å². The van der Waals surface area contributed by atoms with Gasteiger partial charge in [0.2, 0.25) is 0 Å². The highest BCUT2D eigenvalue weighted by atomic mass is 16.5. The van der Waals surface area contributed by atoms with E-state index in [0.717, 1.165) is 58.2 Å². The minimum Gasteiger partial charge on any atom is -0.382 e. The van der Waals surface area contributed by atoms with E-state index in [2.05, 4.69) is 37.9 Å². The summed E-state index contributed by atoms with van der Waals surface area (Å²) in [4.78, 5) is 7.41. The number of nitrogens with one attached hydrogen (secondary N) is 1. The Morgan fingerprint density at radius 3 is 2.78 bits per heavy atom. The molecule has 3 atom stereocenters. The topological polar surface area (TPSA) is 55.3 Å². The Kier molecular flexibility index (Phi) is 9.33. The SMILES string of the molecule is CCNC(=NCC1CCCOC1C(C)(C)C)N1CCC(COCCOC)C1. The van der Waals surface area contributed by atoms with Gasteiger partial charge in [-0.25, -0.2) is 0 Å². The van der Waals surface area contributed by atoms with Crippen molar-refractivity contribution in [1.29, 1.82) is 0 Å². The smallest absolute Gasteiger partial charge is 0.193 e. The van der Waals surface area contributed by atoms with E-state index in [1.165, 1.54) is 6.42 Å². The van der Waals surface area contributed by atoms with Gasteiger partial charge in [0.05, 0.1) is 25.9 Å². The summed E-state index contributed by atoms with van der Waals surface area (Å²) in [5, 5.41) is 3.49. The van der Waals surface area contributed by atoms with E-state index in [9.17, 15) is 0 Å². The van der Waals surface area contributed by atoms with Crippen molar-refractivity contribution in [1.82, 2.24) is 10.2 Å². The molecule has 0 aromatic rings. The van der Waals surface area contributed by atoms with Crippen LogP contribution in [-0.4, -0.2) is 76.7 Å². The van der Waals surface area contributed by atoms with Crippen molar-refractivity contribution in [2.24, 2.45) is 22.2 Å². The Morgan fingerprint density at radius 2 is 2.07 bits per heavy atom. The zero-order valence-corrected chi connectivity index (χ0v) is 18.1. The highest BCUT2D eigenvalue weighted by Gasteiger charge is 2.35. The number of aliphatic imine (C=N–C) groups is 1. The first-order valence-corrected chi connectivity index (χ1v) is 10.7. The molecule has 0 aromatic heterocycles. The third-order valence-corrected chi connectivity index (χ3v) is 5.48. The lowest BCUT2D eigenvalue weighted by Crippen LogP contribution is -2.43. The maximum Gasteiger partial charge on any atom is 0.193 e. The average Bonchev–Trinajstić information content (AvgIpc) is 3.10. The maximum absolute atomic E-state index is 6.12. The van der Waals surface area contributed by atoms with E-state index in [-0.39, 0.29) is 5.41 Å².